The number of para-hydroxylation sites is 1. The Kier molecular flexibility index (Phi) is 3.93. The molecule has 1 heterocycles. The lowest BCUT2D eigenvalue weighted by atomic mass is 10.1. The van der Waals surface area contributed by atoms with Crippen LogP contribution in [0.25, 0.3) is 11.3 Å². The second kappa shape index (κ2) is 6.03. The van der Waals surface area contributed by atoms with Gasteiger partial charge in [0.25, 0.3) is 5.91 Å². The molecule has 0 fully saturated rings. The van der Waals surface area contributed by atoms with Crippen LogP contribution >= 0.6 is 15.9 Å². The molecule has 0 spiro atoms. The maximum Gasteiger partial charge on any atom is 0.277 e. The molecule has 110 valence electrons. The molecular weight excluding hydrogens is 348 g/mol. The number of anilines is 1. The topological polar surface area (TPSA) is 75.4 Å². The van der Waals surface area contributed by atoms with Gasteiger partial charge in [-0.15, -0.1) is 0 Å². The van der Waals surface area contributed by atoms with Crippen molar-refractivity contribution >= 4 is 27.5 Å². The van der Waals surface area contributed by atoms with E-state index < -0.39 is 0 Å². The molecule has 0 unspecified atom stereocenters. The van der Waals surface area contributed by atoms with Crippen LogP contribution in [-0.2, 0) is 0 Å². The molecule has 3 aromatic rings. The highest BCUT2D eigenvalue weighted by atomic mass is 79.9. The smallest absolute Gasteiger partial charge is 0.277 e. The summed E-state index contributed by atoms with van der Waals surface area (Å²) in [7, 11) is 0. The van der Waals surface area contributed by atoms with E-state index in [0.717, 1.165) is 4.47 Å². The Hall–Kier alpha value is -2.60. The fourth-order valence-corrected chi connectivity index (χ4v) is 2.18. The second-order valence-electron chi connectivity index (χ2n) is 4.55. The number of rotatable bonds is 3. The lowest BCUT2D eigenvalue weighted by molar-refractivity contribution is 0.101. The van der Waals surface area contributed by atoms with E-state index in [2.05, 4.69) is 26.4 Å². The molecule has 3 rings (SSSR count). The minimum absolute atomic E-state index is 0.0681. The minimum Gasteiger partial charge on any atom is -0.507 e. The number of aromatic hydroxyl groups is 1. The van der Waals surface area contributed by atoms with Crippen molar-refractivity contribution in [2.45, 2.75) is 0 Å². The maximum atomic E-state index is 12.1. The van der Waals surface area contributed by atoms with Crippen LogP contribution in [-0.4, -0.2) is 16.2 Å². The largest absolute Gasteiger partial charge is 0.507 e. The predicted octanol–water partition coefficient (Wildman–Crippen LogP) is 4.06. The summed E-state index contributed by atoms with van der Waals surface area (Å²) in [6, 6.07) is 15.4. The van der Waals surface area contributed by atoms with Gasteiger partial charge in [-0.05, 0) is 36.4 Å². The van der Waals surface area contributed by atoms with Crippen LogP contribution in [0.1, 0.15) is 10.5 Å². The Morgan fingerprint density at radius 2 is 1.86 bits per heavy atom. The van der Waals surface area contributed by atoms with Crippen molar-refractivity contribution in [3.8, 4) is 17.1 Å². The Bertz CT molecular complexity index is 812. The van der Waals surface area contributed by atoms with Gasteiger partial charge < -0.3 is 14.9 Å². The summed E-state index contributed by atoms with van der Waals surface area (Å²) in [5.41, 5.74) is 1.28. The van der Waals surface area contributed by atoms with Crippen LogP contribution in [0.3, 0.4) is 0 Å². The van der Waals surface area contributed by atoms with E-state index in [1.165, 1.54) is 6.07 Å². The highest BCUT2D eigenvalue weighted by molar-refractivity contribution is 9.10. The second-order valence-corrected chi connectivity index (χ2v) is 5.47. The average molecular weight is 359 g/mol. The van der Waals surface area contributed by atoms with Gasteiger partial charge in [-0.1, -0.05) is 33.2 Å². The summed E-state index contributed by atoms with van der Waals surface area (Å²) in [6.45, 7) is 0. The molecule has 0 saturated carbocycles. The third kappa shape index (κ3) is 3.01. The first kappa shape index (κ1) is 14.3. The van der Waals surface area contributed by atoms with Crippen LogP contribution in [0, 0.1) is 0 Å². The first-order valence-electron chi connectivity index (χ1n) is 6.45. The monoisotopic (exact) mass is 358 g/mol. The zero-order chi connectivity index (χ0) is 15.5. The summed E-state index contributed by atoms with van der Waals surface area (Å²) in [5, 5.41) is 16.2. The Labute approximate surface area is 134 Å². The van der Waals surface area contributed by atoms with E-state index in [1.807, 2.05) is 12.1 Å². The number of halogens is 1. The molecule has 5 nitrogen and oxygen atoms in total. The molecule has 0 saturated heterocycles. The van der Waals surface area contributed by atoms with Gasteiger partial charge in [-0.2, -0.15) is 0 Å². The van der Waals surface area contributed by atoms with Crippen LogP contribution in [0.4, 0.5) is 5.69 Å². The average Bonchev–Trinajstić information content (AvgIpc) is 3.00. The fraction of sp³-hybridized carbons (Fsp3) is 0. The standard InChI is InChI=1S/C16H11BrN2O3/c17-10-5-7-11(8-6-10)18-16(21)13-9-15(22-19-13)12-3-1-2-4-14(12)20/h1-9,20H,(H,18,21). The van der Waals surface area contributed by atoms with E-state index in [4.69, 9.17) is 4.52 Å². The molecule has 0 aliphatic heterocycles. The normalized spacial score (nSPS) is 10.4. The van der Waals surface area contributed by atoms with E-state index >= 15 is 0 Å². The zero-order valence-corrected chi connectivity index (χ0v) is 12.9. The van der Waals surface area contributed by atoms with Gasteiger partial charge >= 0.3 is 0 Å². The van der Waals surface area contributed by atoms with Crippen molar-refractivity contribution in [1.82, 2.24) is 5.16 Å². The number of nitrogens with one attached hydrogen (secondary N) is 1. The fourth-order valence-electron chi connectivity index (χ4n) is 1.92. The Morgan fingerprint density at radius 3 is 2.59 bits per heavy atom. The molecule has 2 N–H and O–H groups in total. The molecule has 22 heavy (non-hydrogen) atoms. The van der Waals surface area contributed by atoms with Crippen molar-refractivity contribution in [2.24, 2.45) is 0 Å². The molecule has 0 aliphatic carbocycles. The number of aromatic nitrogens is 1. The lowest BCUT2D eigenvalue weighted by Gasteiger charge is -2.02. The summed E-state index contributed by atoms with van der Waals surface area (Å²) >= 11 is 3.33. The summed E-state index contributed by atoms with van der Waals surface area (Å²) in [5.74, 6) is 0.0188. The molecule has 6 heteroatoms. The van der Waals surface area contributed by atoms with E-state index in [0.29, 0.717) is 17.0 Å². The molecule has 2 aromatic carbocycles. The lowest BCUT2D eigenvalue weighted by Crippen LogP contribution is -2.11. The van der Waals surface area contributed by atoms with Crippen molar-refractivity contribution in [3.05, 3.63) is 64.8 Å². The molecule has 0 radical (unpaired) electrons. The summed E-state index contributed by atoms with van der Waals surface area (Å²) in [6.07, 6.45) is 0. The maximum absolute atomic E-state index is 12.1. The van der Waals surface area contributed by atoms with Gasteiger partial charge in [0.15, 0.2) is 11.5 Å². The number of carbonyl (C=O) groups is 1. The van der Waals surface area contributed by atoms with Crippen molar-refractivity contribution in [1.29, 1.82) is 0 Å². The zero-order valence-electron chi connectivity index (χ0n) is 11.3. The number of hydrogen-bond acceptors (Lipinski definition) is 4. The molecule has 0 aliphatic rings. The minimum atomic E-state index is -0.382. The van der Waals surface area contributed by atoms with Crippen molar-refractivity contribution < 1.29 is 14.4 Å². The third-order valence-corrected chi connectivity index (χ3v) is 3.54. The summed E-state index contributed by atoms with van der Waals surface area (Å²) < 4.78 is 6.06. The number of nitrogens with zero attached hydrogens (tertiary/aromatic N) is 1. The number of benzene rings is 2. The molecule has 1 amide bonds. The van der Waals surface area contributed by atoms with Crippen molar-refractivity contribution in [2.75, 3.05) is 5.32 Å². The number of phenolic OH excluding ortho intramolecular Hbond substituents is 1. The van der Waals surface area contributed by atoms with Crippen LogP contribution < -0.4 is 5.32 Å². The van der Waals surface area contributed by atoms with E-state index in [9.17, 15) is 9.90 Å². The quantitative estimate of drug-likeness (QED) is 0.740. The molecule has 1 aromatic heterocycles. The SMILES string of the molecule is O=C(Nc1ccc(Br)cc1)c1cc(-c2ccccc2O)on1. The van der Waals surface area contributed by atoms with Crippen LogP contribution in [0.15, 0.2) is 63.6 Å². The highest BCUT2D eigenvalue weighted by Crippen LogP contribution is 2.29. The number of phenols is 1. The van der Waals surface area contributed by atoms with E-state index in [1.54, 1.807) is 36.4 Å². The van der Waals surface area contributed by atoms with Crippen molar-refractivity contribution in [3.63, 3.8) is 0 Å². The first-order valence-corrected chi connectivity index (χ1v) is 7.25. The number of hydrogen-bond donors (Lipinski definition) is 2. The van der Waals surface area contributed by atoms with Gasteiger partial charge in [-0.25, -0.2) is 0 Å². The molecular formula is C16H11BrN2O3. The molecule has 0 atom stereocenters. The van der Waals surface area contributed by atoms with Gasteiger partial charge in [0, 0.05) is 16.2 Å². The molecule has 0 bridgehead atoms. The van der Waals surface area contributed by atoms with Crippen LogP contribution in [0.2, 0.25) is 0 Å². The van der Waals surface area contributed by atoms with Gasteiger partial charge in [0.1, 0.15) is 5.75 Å². The van der Waals surface area contributed by atoms with E-state index in [-0.39, 0.29) is 17.4 Å². The summed E-state index contributed by atoms with van der Waals surface area (Å²) in [4.78, 5) is 12.1. The van der Waals surface area contributed by atoms with Gasteiger partial charge in [0.05, 0.1) is 5.56 Å². The number of carbonyl (C=O) groups excluding carboxylic acids is 1. The number of amides is 1. The first-order chi connectivity index (χ1) is 10.6. The Balaban J connectivity index is 1.80. The van der Waals surface area contributed by atoms with Crippen LogP contribution in [0.5, 0.6) is 5.75 Å². The van der Waals surface area contributed by atoms with Gasteiger partial charge in [0.2, 0.25) is 0 Å². The van der Waals surface area contributed by atoms with Gasteiger partial charge in [-0.3, -0.25) is 4.79 Å². The third-order valence-electron chi connectivity index (χ3n) is 3.01. The predicted molar refractivity (Wildman–Crippen MR) is 85.7 cm³/mol. The Morgan fingerprint density at radius 1 is 1.14 bits per heavy atom. The highest BCUT2D eigenvalue weighted by Gasteiger charge is 2.15.